The third kappa shape index (κ3) is 3.58. The van der Waals surface area contributed by atoms with Crippen LogP contribution in [-0.2, 0) is 21.2 Å². The third-order valence-corrected chi connectivity index (χ3v) is 5.66. The topological polar surface area (TPSA) is 109 Å². The van der Waals surface area contributed by atoms with Gasteiger partial charge in [0.2, 0.25) is 10.0 Å². The molecule has 2 N–H and O–H groups in total. The van der Waals surface area contributed by atoms with Crippen LogP contribution in [0.4, 0.5) is 0 Å². The Labute approximate surface area is 142 Å². The number of hydrogen-bond donors (Lipinski definition) is 2. The van der Waals surface area contributed by atoms with Gasteiger partial charge in [-0.25, -0.2) is 8.42 Å². The van der Waals surface area contributed by atoms with Crippen LogP contribution < -0.4 is 4.72 Å². The number of aromatic nitrogens is 2. The molecule has 0 amide bonds. The van der Waals surface area contributed by atoms with E-state index in [1.54, 1.807) is 18.2 Å². The minimum absolute atomic E-state index is 0.0196. The largest absolute Gasteiger partial charge is 0.480 e. The monoisotopic (exact) mass is 363 g/mol. The number of nitrogens with zero attached hydrogens (tertiary/aromatic N) is 2. The van der Waals surface area contributed by atoms with Gasteiger partial charge in [-0.2, -0.15) is 4.72 Å². The van der Waals surface area contributed by atoms with Crippen LogP contribution in [-0.4, -0.2) is 35.5 Å². The van der Waals surface area contributed by atoms with Crippen LogP contribution in [0, 0.1) is 0 Å². The van der Waals surface area contributed by atoms with Crippen LogP contribution in [0.15, 0.2) is 53.1 Å². The van der Waals surface area contributed by atoms with Crippen LogP contribution in [0.25, 0.3) is 10.2 Å². The molecule has 0 aliphatic heterocycles. The molecule has 3 heterocycles. The summed E-state index contributed by atoms with van der Waals surface area (Å²) in [6, 6.07) is 5.28. The number of fused-ring (bicyclic) bond motifs is 1. The first-order valence-electron chi connectivity index (χ1n) is 6.93. The third-order valence-electron chi connectivity index (χ3n) is 3.37. The Kier molecular flexibility index (Phi) is 4.56. The molecule has 0 aliphatic carbocycles. The molecule has 3 aromatic rings. The minimum Gasteiger partial charge on any atom is -0.480 e. The van der Waals surface area contributed by atoms with Gasteiger partial charge in [0, 0.05) is 18.6 Å². The van der Waals surface area contributed by atoms with Gasteiger partial charge in [-0.15, -0.1) is 11.3 Å². The summed E-state index contributed by atoms with van der Waals surface area (Å²) in [4.78, 5) is 19.3. The number of pyridine rings is 2. The van der Waals surface area contributed by atoms with Gasteiger partial charge in [-0.1, -0.05) is 0 Å². The van der Waals surface area contributed by atoms with Gasteiger partial charge >= 0.3 is 5.97 Å². The van der Waals surface area contributed by atoms with Crippen molar-refractivity contribution in [2.75, 3.05) is 0 Å². The molecule has 0 saturated heterocycles. The number of carboxylic acid groups (broad SMARTS) is 1. The van der Waals surface area contributed by atoms with E-state index < -0.39 is 22.0 Å². The molecule has 0 spiro atoms. The normalized spacial score (nSPS) is 13.0. The van der Waals surface area contributed by atoms with Gasteiger partial charge in [-0.3, -0.25) is 14.8 Å². The summed E-state index contributed by atoms with van der Waals surface area (Å²) < 4.78 is 27.9. The lowest BCUT2D eigenvalue weighted by Gasteiger charge is -2.14. The number of nitrogens with one attached hydrogen (secondary N) is 1. The fraction of sp³-hybridized carbons (Fsp3) is 0.133. The smallest absolute Gasteiger partial charge is 0.322 e. The van der Waals surface area contributed by atoms with Crippen molar-refractivity contribution in [3.63, 3.8) is 0 Å². The number of thiophene rings is 1. The van der Waals surface area contributed by atoms with Crippen LogP contribution in [0.5, 0.6) is 0 Å². The Hall–Kier alpha value is -2.36. The Balaban J connectivity index is 1.86. The predicted molar refractivity (Wildman–Crippen MR) is 89.3 cm³/mol. The summed E-state index contributed by atoms with van der Waals surface area (Å²) in [6.07, 6.45) is 4.29. The van der Waals surface area contributed by atoms with E-state index in [0.717, 1.165) is 4.70 Å². The van der Waals surface area contributed by atoms with Crippen LogP contribution in [0.3, 0.4) is 0 Å². The van der Waals surface area contributed by atoms with Gasteiger partial charge in [0.1, 0.15) is 10.9 Å². The highest BCUT2D eigenvalue weighted by molar-refractivity contribution is 7.89. The fourth-order valence-corrected chi connectivity index (χ4v) is 4.18. The van der Waals surface area contributed by atoms with Crippen molar-refractivity contribution in [2.24, 2.45) is 0 Å². The highest BCUT2D eigenvalue weighted by atomic mass is 32.2. The summed E-state index contributed by atoms with van der Waals surface area (Å²) in [5, 5.41) is 11.1. The maximum Gasteiger partial charge on any atom is 0.322 e. The molecule has 7 nitrogen and oxygen atoms in total. The minimum atomic E-state index is -4.00. The van der Waals surface area contributed by atoms with Crippen molar-refractivity contribution in [1.82, 2.24) is 14.7 Å². The molecule has 124 valence electrons. The SMILES string of the molecule is O=C(O)C(Cc1ccncc1)NS(=O)(=O)c1cnc2ccsc2c1. The molecule has 0 bridgehead atoms. The van der Waals surface area contributed by atoms with Crippen molar-refractivity contribution in [3.8, 4) is 0 Å². The fourth-order valence-electron chi connectivity index (χ4n) is 2.16. The first-order chi connectivity index (χ1) is 11.5. The molecular formula is C15H13N3O4S2. The molecule has 9 heteroatoms. The van der Waals surface area contributed by atoms with Crippen LogP contribution >= 0.6 is 11.3 Å². The lowest BCUT2D eigenvalue weighted by molar-refractivity contribution is -0.138. The van der Waals surface area contributed by atoms with Crippen molar-refractivity contribution in [3.05, 3.63) is 53.8 Å². The number of aliphatic carboxylic acids is 1. The van der Waals surface area contributed by atoms with Gasteiger partial charge in [0.25, 0.3) is 0 Å². The standard InChI is InChI=1S/C15H13N3O4S2/c19-15(20)13(7-10-1-4-16-5-2-10)18-24(21,22)11-8-14-12(17-9-11)3-6-23-14/h1-6,8-9,13,18H,7H2,(H,19,20). The Bertz CT molecular complexity index is 971. The van der Waals surface area contributed by atoms with E-state index in [1.165, 1.54) is 36.0 Å². The zero-order valence-electron chi connectivity index (χ0n) is 12.3. The number of sulfonamides is 1. The van der Waals surface area contributed by atoms with Crippen molar-refractivity contribution >= 4 is 37.5 Å². The second-order valence-electron chi connectivity index (χ2n) is 5.05. The molecule has 1 atom stereocenters. The molecule has 0 saturated carbocycles. The molecule has 0 fully saturated rings. The van der Waals surface area contributed by atoms with Crippen molar-refractivity contribution in [2.45, 2.75) is 17.4 Å². The highest BCUT2D eigenvalue weighted by Gasteiger charge is 2.26. The van der Waals surface area contributed by atoms with E-state index in [2.05, 4.69) is 14.7 Å². The quantitative estimate of drug-likeness (QED) is 0.689. The summed E-state index contributed by atoms with van der Waals surface area (Å²) in [6.45, 7) is 0. The molecule has 3 rings (SSSR count). The molecule has 0 radical (unpaired) electrons. The molecule has 0 aliphatic rings. The maximum absolute atomic E-state index is 12.5. The molecule has 24 heavy (non-hydrogen) atoms. The Morgan fingerprint density at radius 2 is 2.04 bits per heavy atom. The van der Waals surface area contributed by atoms with Gasteiger partial charge in [0.05, 0.1) is 10.2 Å². The Morgan fingerprint density at radius 1 is 1.29 bits per heavy atom. The van der Waals surface area contributed by atoms with E-state index in [4.69, 9.17) is 0 Å². The van der Waals surface area contributed by atoms with E-state index in [0.29, 0.717) is 11.1 Å². The second kappa shape index (κ2) is 6.63. The van der Waals surface area contributed by atoms with Crippen LogP contribution in [0.1, 0.15) is 5.56 Å². The number of rotatable bonds is 6. The average Bonchev–Trinajstić information content (AvgIpc) is 3.02. The predicted octanol–water partition coefficient (Wildman–Crippen LogP) is 1.67. The van der Waals surface area contributed by atoms with Crippen molar-refractivity contribution in [1.29, 1.82) is 0 Å². The summed E-state index contributed by atoms with van der Waals surface area (Å²) >= 11 is 1.37. The average molecular weight is 363 g/mol. The second-order valence-corrected chi connectivity index (χ2v) is 7.71. The summed E-state index contributed by atoms with van der Waals surface area (Å²) in [5.41, 5.74) is 1.37. The zero-order valence-corrected chi connectivity index (χ0v) is 13.9. The molecule has 3 aromatic heterocycles. The first kappa shape index (κ1) is 16.5. The lowest BCUT2D eigenvalue weighted by atomic mass is 10.1. The number of carbonyl (C=O) groups is 1. The highest BCUT2D eigenvalue weighted by Crippen LogP contribution is 2.22. The molecular weight excluding hydrogens is 350 g/mol. The van der Waals surface area contributed by atoms with Gasteiger partial charge in [-0.05, 0) is 41.6 Å². The van der Waals surface area contributed by atoms with E-state index in [9.17, 15) is 18.3 Å². The van der Waals surface area contributed by atoms with Gasteiger partial charge < -0.3 is 5.11 Å². The van der Waals surface area contributed by atoms with E-state index >= 15 is 0 Å². The van der Waals surface area contributed by atoms with Crippen LogP contribution in [0.2, 0.25) is 0 Å². The Morgan fingerprint density at radius 3 is 2.75 bits per heavy atom. The lowest BCUT2D eigenvalue weighted by Crippen LogP contribution is -2.42. The van der Waals surface area contributed by atoms with Crippen molar-refractivity contribution < 1.29 is 18.3 Å². The van der Waals surface area contributed by atoms with E-state index in [-0.39, 0.29) is 11.3 Å². The van der Waals surface area contributed by atoms with Gasteiger partial charge in [0.15, 0.2) is 0 Å². The van der Waals surface area contributed by atoms with E-state index in [1.807, 2.05) is 5.38 Å². The summed E-state index contributed by atoms with van der Waals surface area (Å²) in [5.74, 6) is -1.25. The molecule has 0 aromatic carbocycles. The number of hydrogen-bond acceptors (Lipinski definition) is 6. The maximum atomic E-state index is 12.5. The zero-order chi connectivity index (χ0) is 17.2. The molecule has 1 unspecified atom stereocenters. The number of carboxylic acids is 1. The first-order valence-corrected chi connectivity index (χ1v) is 9.29. The summed E-state index contributed by atoms with van der Waals surface area (Å²) in [7, 11) is -4.00.